The van der Waals surface area contributed by atoms with Gasteiger partial charge in [-0.2, -0.15) is 0 Å². The molecule has 0 aromatic heterocycles. The normalized spacial score (nSPS) is 14.6. The number of para-hydroxylation sites is 2. The van der Waals surface area contributed by atoms with Gasteiger partial charge < -0.3 is 9.64 Å². The highest BCUT2D eigenvalue weighted by Gasteiger charge is 2.26. The highest BCUT2D eigenvalue weighted by molar-refractivity contribution is 7.92. The summed E-state index contributed by atoms with van der Waals surface area (Å²) in [5.74, 6) is 0.987. The maximum Gasteiger partial charge on any atom is 0.264 e. The first-order valence-corrected chi connectivity index (χ1v) is 12.9. The van der Waals surface area contributed by atoms with E-state index in [1.807, 2.05) is 11.0 Å². The lowest BCUT2D eigenvalue weighted by Gasteiger charge is -2.32. The Balaban J connectivity index is 1.41. The summed E-state index contributed by atoms with van der Waals surface area (Å²) in [6, 6.07) is 23.6. The maximum absolute atomic E-state index is 13.1. The molecule has 1 heterocycles. The first kappa shape index (κ1) is 23.8. The molecule has 0 unspecified atom stereocenters. The molecule has 3 aromatic rings. The van der Waals surface area contributed by atoms with E-state index < -0.39 is 10.0 Å². The van der Waals surface area contributed by atoms with E-state index in [1.165, 1.54) is 36.2 Å². The Morgan fingerprint density at radius 1 is 0.941 bits per heavy atom. The van der Waals surface area contributed by atoms with Crippen LogP contribution in [0.25, 0.3) is 0 Å². The summed E-state index contributed by atoms with van der Waals surface area (Å²) >= 11 is 0. The molecular formula is C27H30N2O4S. The molecule has 178 valence electrons. The molecule has 0 N–H and O–H groups in total. The van der Waals surface area contributed by atoms with Crippen LogP contribution in [-0.2, 0) is 16.4 Å². The molecule has 1 aliphatic rings. The van der Waals surface area contributed by atoms with Crippen LogP contribution < -0.4 is 9.04 Å². The molecule has 0 saturated carbocycles. The summed E-state index contributed by atoms with van der Waals surface area (Å²) in [6.07, 6.45) is 2.97. The molecule has 34 heavy (non-hydrogen) atoms. The molecule has 0 radical (unpaired) electrons. The van der Waals surface area contributed by atoms with Crippen LogP contribution in [0.2, 0.25) is 0 Å². The van der Waals surface area contributed by atoms with E-state index in [4.69, 9.17) is 4.74 Å². The highest BCUT2D eigenvalue weighted by atomic mass is 32.2. The lowest BCUT2D eigenvalue weighted by atomic mass is 9.90. The highest BCUT2D eigenvalue weighted by Crippen LogP contribution is 2.31. The molecule has 1 amide bonds. The van der Waals surface area contributed by atoms with Crippen LogP contribution in [0.3, 0.4) is 0 Å². The number of hydrogen-bond acceptors (Lipinski definition) is 4. The molecule has 6 nitrogen and oxygen atoms in total. The van der Waals surface area contributed by atoms with Gasteiger partial charge in [-0.05, 0) is 67.1 Å². The van der Waals surface area contributed by atoms with Crippen LogP contribution in [0.5, 0.6) is 5.75 Å². The van der Waals surface area contributed by atoms with Crippen molar-refractivity contribution in [2.75, 3.05) is 31.6 Å². The van der Waals surface area contributed by atoms with Gasteiger partial charge in [0.25, 0.3) is 15.9 Å². The molecule has 0 aliphatic carbocycles. The first-order chi connectivity index (χ1) is 16.4. The van der Waals surface area contributed by atoms with Gasteiger partial charge in [-0.25, -0.2) is 8.42 Å². The van der Waals surface area contributed by atoms with E-state index in [2.05, 4.69) is 24.3 Å². The number of benzene rings is 3. The number of sulfonamides is 1. The topological polar surface area (TPSA) is 66.9 Å². The largest absolute Gasteiger partial charge is 0.495 e. The second-order valence-corrected chi connectivity index (χ2v) is 10.6. The van der Waals surface area contributed by atoms with Crippen molar-refractivity contribution in [1.29, 1.82) is 0 Å². The van der Waals surface area contributed by atoms with Crippen LogP contribution in [0.15, 0.2) is 83.8 Å². The molecule has 0 spiro atoms. The van der Waals surface area contributed by atoms with E-state index in [-0.39, 0.29) is 10.8 Å². The SMILES string of the molecule is COc1ccccc1N(C)S(=O)(=O)c1ccc(C(=O)N2CCC(Cc3ccccc3)CC2)cc1. The van der Waals surface area contributed by atoms with Crippen molar-refractivity contribution in [1.82, 2.24) is 4.90 Å². The van der Waals surface area contributed by atoms with Crippen LogP contribution >= 0.6 is 0 Å². The minimum atomic E-state index is -3.80. The Labute approximate surface area is 201 Å². The summed E-state index contributed by atoms with van der Waals surface area (Å²) in [5, 5.41) is 0. The Hall–Kier alpha value is -3.32. The number of methoxy groups -OCH3 is 1. The fraction of sp³-hybridized carbons (Fsp3) is 0.296. The summed E-state index contributed by atoms with van der Waals surface area (Å²) in [5.41, 5.74) is 2.28. The van der Waals surface area contributed by atoms with Crippen molar-refractivity contribution >= 4 is 21.6 Å². The zero-order valence-electron chi connectivity index (χ0n) is 19.6. The average Bonchev–Trinajstić information content (AvgIpc) is 2.89. The number of hydrogen-bond donors (Lipinski definition) is 0. The predicted octanol–water partition coefficient (Wildman–Crippen LogP) is 4.62. The fourth-order valence-electron chi connectivity index (χ4n) is 4.42. The van der Waals surface area contributed by atoms with Gasteiger partial charge in [0.2, 0.25) is 0 Å². The van der Waals surface area contributed by atoms with Crippen LogP contribution in [0, 0.1) is 5.92 Å². The van der Waals surface area contributed by atoms with Crippen molar-refractivity contribution in [3.8, 4) is 5.75 Å². The third-order valence-corrected chi connectivity index (χ3v) is 8.24. The lowest BCUT2D eigenvalue weighted by molar-refractivity contribution is 0.0690. The first-order valence-electron chi connectivity index (χ1n) is 11.5. The van der Waals surface area contributed by atoms with Crippen molar-refractivity contribution in [2.45, 2.75) is 24.2 Å². The lowest BCUT2D eigenvalue weighted by Crippen LogP contribution is -2.38. The Morgan fingerprint density at radius 3 is 2.21 bits per heavy atom. The number of ether oxygens (including phenoxy) is 1. The molecule has 1 aliphatic heterocycles. The van der Waals surface area contributed by atoms with E-state index in [0.29, 0.717) is 36.0 Å². The molecule has 1 saturated heterocycles. The number of likely N-dealkylation sites (tertiary alicyclic amines) is 1. The van der Waals surface area contributed by atoms with Crippen molar-refractivity contribution in [2.24, 2.45) is 5.92 Å². The molecule has 7 heteroatoms. The van der Waals surface area contributed by atoms with E-state index in [1.54, 1.807) is 36.4 Å². The van der Waals surface area contributed by atoms with Crippen LogP contribution in [0.1, 0.15) is 28.8 Å². The summed E-state index contributed by atoms with van der Waals surface area (Å²) < 4.78 is 32.8. The number of carbonyl (C=O) groups excluding carboxylic acids is 1. The summed E-state index contributed by atoms with van der Waals surface area (Å²) in [6.45, 7) is 1.43. The van der Waals surface area contributed by atoms with Crippen LogP contribution in [0.4, 0.5) is 5.69 Å². The molecule has 0 atom stereocenters. The van der Waals surface area contributed by atoms with Gasteiger partial charge in [-0.3, -0.25) is 9.10 Å². The van der Waals surface area contributed by atoms with E-state index in [0.717, 1.165) is 19.3 Å². The van der Waals surface area contributed by atoms with Gasteiger partial charge in [0.05, 0.1) is 17.7 Å². The number of piperidine rings is 1. The Kier molecular flexibility index (Phi) is 7.22. The van der Waals surface area contributed by atoms with E-state index in [9.17, 15) is 13.2 Å². The summed E-state index contributed by atoms with van der Waals surface area (Å²) in [4.78, 5) is 15.0. The number of rotatable bonds is 7. The molecular weight excluding hydrogens is 448 g/mol. The third-order valence-electron chi connectivity index (χ3n) is 6.45. The van der Waals surface area contributed by atoms with Crippen molar-refractivity contribution in [3.05, 3.63) is 90.0 Å². The number of nitrogens with zero attached hydrogens (tertiary/aromatic N) is 2. The quantitative estimate of drug-likeness (QED) is 0.497. The van der Waals surface area contributed by atoms with E-state index >= 15 is 0 Å². The van der Waals surface area contributed by atoms with Gasteiger partial charge in [-0.15, -0.1) is 0 Å². The number of carbonyl (C=O) groups is 1. The van der Waals surface area contributed by atoms with Gasteiger partial charge in [-0.1, -0.05) is 42.5 Å². The van der Waals surface area contributed by atoms with Gasteiger partial charge >= 0.3 is 0 Å². The summed E-state index contributed by atoms with van der Waals surface area (Å²) in [7, 11) is -0.805. The van der Waals surface area contributed by atoms with Gasteiger partial charge in [0.1, 0.15) is 5.75 Å². The van der Waals surface area contributed by atoms with Crippen LogP contribution in [-0.4, -0.2) is 46.5 Å². The molecule has 4 rings (SSSR count). The van der Waals surface area contributed by atoms with Gasteiger partial charge in [0.15, 0.2) is 0 Å². The fourth-order valence-corrected chi connectivity index (χ4v) is 5.62. The predicted molar refractivity (Wildman–Crippen MR) is 134 cm³/mol. The molecule has 0 bridgehead atoms. The minimum Gasteiger partial charge on any atom is -0.495 e. The standard InChI is InChI=1S/C27H30N2O4S/c1-28(25-10-6-7-11-26(25)33-2)34(31,32)24-14-12-23(13-15-24)27(30)29-18-16-22(17-19-29)20-21-8-4-3-5-9-21/h3-15,22H,16-20H2,1-2H3. The Morgan fingerprint density at radius 2 is 1.56 bits per heavy atom. The maximum atomic E-state index is 13.1. The molecule has 3 aromatic carbocycles. The number of amides is 1. The minimum absolute atomic E-state index is 0.0554. The van der Waals surface area contributed by atoms with Gasteiger partial charge in [0, 0.05) is 25.7 Å². The average molecular weight is 479 g/mol. The zero-order chi connectivity index (χ0) is 24.1. The van der Waals surface area contributed by atoms with Crippen molar-refractivity contribution < 1.29 is 17.9 Å². The number of anilines is 1. The Bertz CT molecular complexity index is 1220. The zero-order valence-corrected chi connectivity index (χ0v) is 20.4. The molecule has 1 fully saturated rings. The third kappa shape index (κ3) is 5.09. The second kappa shape index (κ2) is 10.3. The second-order valence-electron chi connectivity index (χ2n) is 8.59. The smallest absolute Gasteiger partial charge is 0.264 e. The monoisotopic (exact) mass is 478 g/mol. The van der Waals surface area contributed by atoms with Crippen molar-refractivity contribution in [3.63, 3.8) is 0 Å².